The largest absolute Gasteiger partial charge is 0.481 e. The number of amides is 1. The number of nitrogens with one attached hydrogen (secondary N) is 1. The van der Waals surface area contributed by atoms with Gasteiger partial charge in [-0.3, -0.25) is 9.59 Å². The minimum Gasteiger partial charge on any atom is -0.481 e. The smallest absolute Gasteiger partial charge is 0.306 e. The van der Waals surface area contributed by atoms with Gasteiger partial charge in [0, 0.05) is 17.3 Å². The molecule has 0 bridgehead atoms. The van der Waals surface area contributed by atoms with Crippen molar-refractivity contribution in [1.29, 1.82) is 0 Å². The van der Waals surface area contributed by atoms with Crippen LogP contribution in [0.3, 0.4) is 0 Å². The van der Waals surface area contributed by atoms with Gasteiger partial charge in [0.05, 0.1) is 12.0 Å². The molecule has 1 aliphatic carbocycles. The fourth-order valence-corrected chi connectivity index (χ4v) is 3.73. The van der Waals surface area contributed by atoms with Gasteiger partial charge < -0.3 is 15.3 Å². The van der Waals surface area contributed by atoms with Gasteiger partial charge in [-0.05, 0) is 44.8 Å². The second-order valence-corrected chi connectivity index (χ2v) is 6.76. The van der Waals surface area contributed by atoms with Gasteiger partial charge in [-0.1, -0.05) is 6.07 Å². The molecule has 6 heteroatoms. The zero-order valence-electron chi connectivity index (χ0n) is 12.4. The van der Waals surface area contributed by atoms with E-state index in [1.165, 1.54) is 4.88 Å². The number of hydrogen-bond acceptors (Lipinski definition) is 4. The van der Waals surface area contributed by atoms with Gasteiger partial charge in [0.2, 0.25) is 5.91 Å². The predicted molar refractivity (Wildman–Crippen MR) is 82.2 cm³/mol. The van der Waals surface area contributed by atoms with Crippen molar-refractivity contribution in [3.8, 4) is 0 Å². The van der Waals surface area contributed by atoms with E-state index in [4.69, 9.17) is 5.11 Å². The summed E-state index contributed by atoms with van der Waals surface area (Å²) in [5.41, 5.74) is 0. The number of carbonyl (C=O) groups excluding carboxylic acids is 1. The van der Waals surface area contributed by atoms with E-state index in [2.05, 4.69) is 16.3 Å². The van der Waals surface area contributed by atoms with Crippen LogP contribution in [0.25, 0.3) is 0 Å². The monoisotopic (exact) mass is 310 g/mol. The number of carboxylic acids is 1. The molecular weight excluding hydrogens is 288 g/mol. The lowest BCUT2D eigenvalue weighted by Gasteiger charge is -2.24. The molecular formula is C15H22N2O3S. The first-order valence-electron chi connectivity index (χ1n) is 7.19. The molecule has 0 saturated heterocycles. The molecule has 5 nitrogen and oxygen atoms in total. The fraction of sp³-hybridized carbons (Fsp3) is 0.600. The third-order valence-electron chi connectivity index (χ3n) is 4.12. The summed E-state index contributed by atoms with van der Waals surface area (Å²) >= 11 is 1.68. The molecule has 2 N–H and O–H groups in total. The lowest BCUT2D eigenvalue weighted by molar-refractivity contribution is -0.141. The second-order valence-electron chi connectivity index (χ2n) is 5.79. The Hall–Kier alpha value is -1.40. The highest BCUT2D eigenvalue weighted by atomic mass is 32.1. The highest BCUT2D eigenvalue weighted by Crippen LogP contribution is 2.31. The number of carbonyl (C=O) groups is 2. The number of aliphatic carboxylic acids is 1. The summed E-state index contributed by atoms with van der Waals surface area (Å²) in [5.74, 6) is -1.31. The van der Waals surface area contributed by atoms with Gasteiger partial charge in [-0.25, -0.2) is 0 Å². The van der Waals surface area contributed by atoms with Crippen molar-refractivity contribution in [2.45, 2.75) is 25.3 Å². The molecule has 3 atom stereocenters. The normalized spacial score (nSPS) is 23.2. The molecule has 1 fully saturated rings. The van der Waals surface area contributed by atoms with Gasteiger partial charge in [0.1, 0.15) is 0 Å². The van der Waals surface area contributed by atoms with Crippen LogP contribution in [0, 0.1) is 11.8 Å². The lowest BCUT2D eigenvalue weighted by Crippen LogP contribution is -2.37. The van der Waals surface area contributed by atoms with Crippen LogP contribution in [0.15, 0.2) is 17.5 Å². The van der Waals surface area contributed by atoms with E-state index in [1.807, 2.05) is 25.5 Å². The molecule has 1 heterocycles. The molecule has 1 aromatic rings. The van der Waals surface area contributed by atoms with Crippen LogP contribution in [0.5, 0.6) is 0 Å². The van der Waals surface area contributed by atoms with Crippen molar-refractivity contribution in [1.82, 2.24) is 10.2 Å². The average molecular weight is 310 g/mol. The second kappa shape index (κ2) is 7.04. The number of carboxylic acid groups (broad SMARTS) is 1. The van der Waals surface area contributed by atoms with Crippen LogP contribution in [-0.2, 0) is 9.59 Å². The average Bonchev–Trinajstić information content (AvgIpc) is 3.09. The quantitative estimate of drug-likeness (QED) is 0.843. The van der Waals surface area contributed by atoms with E-state index in [9.17, 15) is 9.59 Å². The molecule has 0 radical (unpaired) electrons. The fourth-order valence-electron chi connectivity index (χ4n) is 2.80. The topological polar surface area (TPSA) is 69.6 Å². The number of hydrogen-bond donors (Lipinski definition) is 2. The summed E-state index contributed by atoms with van der Waals surface area (Å²) in [5, 5.41) is 14.0. The molecule has 21 heavy (non-hydrogen) atoms. The minimum absolute atomic E-state index is 0.0119. The molecule has 2 rings (SSSR count). The third kappa shape index (κ3) is 4.04. The van der Waals surface area contributed by atoms with Crippen LogP contribution < -0.4 is 5.32 Å². The maximum Gasteiger partial charge on any atom is 0.306 e. The SMILES string of the molecule is CN(C)C(CNC(=O)C1CCC(C(=O)O)C1)c1cccs1. The Balaban J connectivity index is 1.87. The Morgan fingerprint density at radius 3 is 2.67 bits per heavy atom. The summed E-state index contributed by atoms with van der Waals surface area (Å²) in [6, 6.07) is 4.23. The summed E-state index contributed by atoms with van der Waals surface area (Å²) in [6.45, 7) is 0.556. The van der Waals surface area contributed by atoms with E-state index >= 15 is 0 Å². The molecule has 1 aromatic heterocycles. The Morgan fingerprint density at radius 1 is 1.43 bits per heavy atom. The standard InChI is InChI=1S/C15H22N2O3S/c1-17(2)12(13-4-3-7-21-13)9-16-14(18)10-5-6-11(8-10)15(19)20/h3-4,7,10-12H,5-6,8-9H2,1-2H3,(H,16,18)(H,19,20). The first kappa shape index (κ1) is 16.0. The van der Waals surface area contributed by atoms with E-state index < -0.39 is 5.97 Å². The maximum absolute atomic E-state index is 12.2. The molecule has 0 spiro atoms. The van der Waals surface area contributed by atoms with E-state index in [0.29, 0.717) is 25.8 Å². The highest BCUT2D eigenvalue weighted by molar-refractivity contribution is 7.10. The minimum atomic E-state index is -0.782. The lowest BCUT2D eigenvalue weighted by atomic mass is 10.0. The zero-order chi connectivity index (χ0) is 15.4. The number of likely N-dealkylation sites (N-methyl/N-ethyl adjacent to an activating group) is 1. The van der Waals surface area contributed by atoms with Crippen molar-refractivity contribution in [3.05, 3.63) is 22.4 Å². The van der Waals surface area contributed by atoms with Gasteiger partial charge in [0.15, 0.2) is 0 Å². The summed E-state index contributed by atoms with van der Waals surface area (Å²) in [4.78, 5) is 26.4. The molecule has 3 unspecified atom stereocenters. The van der Waals surface area contributed by atoms with Gasteiger partial charge in [0.25, 0.3) is 0 Å². The van der Waals surface area contributed by atoms with Crippen molar-refractivity contribution in [3.63, 3.8) is 0 Å². The van der Waals surface area contributed by atoms with Crippen LogP contribution in [0.4, 0.5) is 0 Å². The summed E-state index contributed by atoms with van der Waals surface area (Å²) in [7, 11) is 3.99. The summed E-state index contributed by atoms with van der Waals surface area (Å²) < 4.78 is 0. The van der Waals surface area contributed by atoms with E-state index in [-0.39, 0.29) is 23.8 Å². The molecule has 1 saturated carbocycles. The molecule has 0 aliphatic heterocycles. The molecule has 1 amide bonds. The Morgan fingerprint density at radius 2 is 2.14 bits per heavy atom. The van der Waals surface area contributed by atoms with Crippen molar-refractivity contribution < 1.29 is 14.7 Å². The van der Waals surface area contributed by atoms with Crippen molar-refractivity contribution >= 4 is 23.2 Å². The molecule has 1 aliphatic rings. The Bertz CT molecular complexity index is 487. The van der Waals surface area contributed by atoms with Crippen LogP contribution in [0.1, 0.15) is 30.2 Å². The first-order valence-corrected chi connectivity index (χ1v) is 8.07. The van der Waals surface area contributed by atoms with E-state index in [0.717, 1.165) is 0 Å². The number of nitrogens with zero attached hydrogens (tertiary/aromatic N) is 1. The van der Waals surface area contributed by atoms with Crippen molar-refractivity contribution in [2.75, 3.05) is 20.6 Å². The Labute approximate surface area is 129 Å². The van der Waals surface area contributed by atoms with Crippen molar-refractivity contribution in [2.24, 2.45) is 11.8 Å². The third-order valence-corrected chi connectivity index (χ3v) is 5.09. The first-order chi connectivity index (χ1) is 9.99. The van der Waals surface area contributed by atoms with Crippen LogP contribution >= 0.6 is 11.3 Å². The maximum atomic E-state index is 12.2. The van der Waals surface area contributed by atoms with Gasteiger partial charge in [-0.2, -0.15) is 0 Å². The number of thiophene rings is 1. The van der Waals surface area contributed by atoms with Crippen LogP contribution in [-0.4, -0.2) is 42.5 Å². The Kier molecular flexibility index (Phi) is 5.36. The molecule has 116 valence electrons. The zero-order valence-corrected chi connectivity index (χ0v) is 13.2. The highest BCUT2D eigenvalue weighted by Gasteiger charge is 2.34. The number of rotatable bonds is 6. The summed E-state index contributed by atoms with van der Waals surface area (Å²) in [6.07, 6.45) is 1.75. The van der Waals surface area contributed by atoms with E-state index in [1.54, 1.807) is 11.3 Å². The van der Waals surface area contributed by atoms with Crippen LogP contribution in [0.2, 0.25) is 0 Å². The predicted octanol–water partition coefficient (Wildman–Crippen LogP) is 1.97. The van der Waals surface area contributed by atoms with Gasteiger partial charge >= 0.3 is 5.97 Å². The molecule has 0 aromatic carbocycles. The van der Waals surface area contributed by atoms with Gasteiger partial charge in [-0.15, -0.1) is 11.3 Å².